The van der Waals surface area contributed by atoms with E-state index in [1.54, 1.807) is 26.0 Å². The highest BCUT2D eigenvalue weighted by Gasteiger charge is 2.16. The number of esters is 1. The molecular formula is C21H33NO5. The van der Waals surface area contributed by atoms with Crippen molar-refractivity contribution in [3.63, 3.8) is 0 Å². The Labute approximate surface area is 162 Å². The number of carbonyl (C=O) groups is 2. The van der Waals surface area contributed by atoms with Crippen molar-refractivity contribution < 1.29 is 23.8 Å². The summed E-state index contributed by atoms with van der Waals surface area (Å²) in [6, 6.07) is 5.67. The first-order chi connectivity index (χ1) is 12.9. The van der Waals surface area contributed by atoms with Gasteiger partial charge in [0.15, 0.2) is 11.5 Å². The van der Waals surface area contributed by atoms with Gasteiger partial charge in [-0.2, -0.15) is 0 Å². The molecular weight excluding hydrogens is 346 g/mol. The average Bonchev–Trinajstić information content (AvgIpc) is 2.65. The van der Waals surface area contributed by atoms with E-state index in [-0.39, 0.29) is 18.3 Å². The molecule has 0 aliphatic heterocycles. The van der Waals surface area contributed by atoms with E-state index in [2.05, 4.69) is 13.8 Å². The van der Waals surface area contributed by atoms with Crippen molar-refractivity contribution in [2.75, 3.05) is 33.9 Å². The molecule has 27 heavy (non-hydrogen) atoms. The minimum Gasteiger partial charge on any atom is -0.493 e. The third-order valence-corrected chi connectivity index (χ3v) is 4.30. The number of hydrogen-bond donors (Lipinski definition) is 0. The van der Waals surface area contributed by atoms with E-state index in [0.717, 1.165) is 12.0 Å². The minimum absolute atomic E-state index is 0.0507. The SMILES string of the molecule is CCOC(=O)CCN(CCC(C)C)C(=O)CCc1ccc(OC)c(OC)c1. The van der Waals surface area contributed by atoms with Gasteiger partial charge < -0.3 is 19.1 Å². The van der Waals surface area contributed by atoms with E-state index < -0.39 is 0 Å². The fraction of sp³-hybridized carbons (Fsp3) is 0.619. The Morgan fingerprint density at radius 2 is 1.74 bits per heavy atom. The van der Waals surface area contributed by atoms with Crippen molar-refractivity contribution in [3.05, 3.63) is 23.8 Å². The van der Waals surface area contributed by atoms with Crippen molar-refractivity contribution >= 4 is 11.9 Å². The van der Waals surface area contributed by atoms with Crippen LogP contribution in [0.2, 0.25) is 0 Å². The zero-order valence-corrected chi connectivity index (χ0v) is 17.2. The maximum atomic E-state index is 12.7. The molecule has 1 aromatic rings. The number of rotatable bonds is 12. The Morgan fingerprint density at radius 1 is 1.04 bits per heavy atom. The molecule has 0 saturated heterocycles. The van der Waals surface area contributed by atoms with Crippen LogP contribution >= 0.6 is 0 Å². The minimum atomic E-state index is -0.264. The topological polar surface area (TPSA) is 65.1 Å². The number of hydrogen-bond acceptors (Lipinski definition) is 5. The fourth-order valence-corrected chi connectivity index (χ4v) is 2.68. The van der Waals surface area contributed by atoms with Crippen molar-refractivity contribution in [2.24, 2.45) is 5.92 Å². The molecule has 0 heterocycles. The summed E-state index contributed by atoms with van der Waals surface area (Å²) in [5, 5.41) is 0. The first kappa shape index (κ1) is 22.8. The van der Waals surface area contributed by atoms with E-state index in [0.29, 0.717) is 50.0 Å². The lowest BCUT2D eigenvalue weighted by atomic mass is 10.1. The predicted molar refractivity (Wildman–Crippen MR) is 105 cm³/mol. The summed E-state index contributed by atoms with van der Waals surface area (Å²) in [7, 11) is 3.19. The Bertz CT molecular complexity index is 600. The lowest BCUT2D eigenvalue weighted by Gasteiger charge is -2.23. The second kappa shape index (κ2) is 12.2. The van der Waals surface area contributed by atoms with E-state index >= 15 is 0 Å². The number of methoxy groups -OCH3 is 2. The number of carbonyl (C=O) groups excluding carboxylic acids is 2. The van der Waals surface area contributed by atoms with Crippen LogP contribution in [0.1, 0.15) is 45.6 Å². The zero-order chi connectivity index (χ0) is 20.2. The molecule has 0 unspecified atom stereocenters. The molecule has 6 nitrogen and oxygen atoms in total. The zero-order valence-electron chi connectivity index (χ0n) is 17.2. The summed E-state index contributed by atoms with van der Waals surface area (Å²) in [6.07, 6.45) is 2.13. The number of benzene rings is 1. The maximum absolute atomic E-state index is 12.7. The number of ether oxygens (including phenoxy) is 3. The van der Waals surface area contributed by atoms with Gasteiger partial charge in [-0.3, -0.25) is 9.59 Å². The highest BCUT2D eigenvalue weighted by atomic mass is 16.5. The van der Waals surface area contributed by atoms with Gasteiger partial charge in [-0.05, 0) is 43.4 Å². The van der Waals surface area contributed by atoms with E-state index in [1.165, 1.54) is 0 Å². The largest absolute Gasteiger partial charge is 0.493 e. The third-order valence-electron chi connectivity index (χ3n) is 4.30. The van der Waals surface area contributed by atoms with Crippen LogP contribution in [0.4, 0.5) is 0 Å². The fourth-order valence-electron chi connectivity index (χ4n) is 2.68. The molecule has 0 bridgehead atoms. The van der Waals surface area contributed by atoms with Gasteiger partial charge in [-0.15, -0.1) is 0 Å². The molecule has 0 aliphatic rings. The summed E-state index contributed by atoms with van der Waals surface area (Å²) in [5.74, 6) is 1.60. The Balaban J connectivity index is 2.67. The van der Waals surface area contributed by atoms with Gasteiger partial charge in [0.1, 0.15) is 0 Å². The highest BCUT2D eigenvalue weighted by Crippen LogP contribution is 2.28. The monoisotopic (exact) mass is 379 g/mol. The van der Waals surface area contributed by atoms with Crippen LogP contribution in [-0.4, -0.2) is 50.7 Å². The van der Waals surface area contributed by atoms with Gasteiger partial charge in [0, 0.05) is 19.5 Å². The lowest BCUT2D eigenvalue weighted by molar-refractivity contribution is -0.144. The first-order valence-electron chi connectivity index (χ1n) is 9.55. The molecule has 1 amide bonds. The van der Waals surface area contributed by atoms with E-state index in [1.807, 2.05) is 18.2 Å². The van der Waals surface area contributed by atoms with Crippen molar-refractivity contribution in [1.82, 2.24) is 4.90 Å². The number of nitrogens with zero attached hydrogens (tertiary/aromatic N) is 1. The van der Waals surface area contributed by atoms with Crippen LogP contribution in [-0.2, 0) is 20.7 Å². The maximum Gasteiger partial charge on any atom is 0.307 e. The van der Waals surface area contributed by atoms with Gasteiger partial charge >= 0.3 is 5.97 Å². The molecule has 0 aromatic heterocycles. The normalized spacial score (nSPS) is 10.6. The second-order valence-electron chi connectivity index (χ2n) is 6.81. The molecule has 152 valence electrons. The van der Waals surface area contributed by atoms with Gasteiger partial charge in [0.05, 0.1) is 27.2 Å². The molecule has 0 atom stereocenters. The summed E-state index contributed by atoms with van der Waals surface area (Å²) < 4.78 is 15.5. The molecule has 0 N–H and O–H groups in total. The quantitative estimate of drug-likeness (QED) is 0.520. The van der Waals surface area contributed by atoms with Gasteiger partial charge in [-0.1, -0.05) is 19.9 Å². The van der Waals surface area contributed by atoms with Crippen LogP contribution in [0.5, 0.6) is 11.5 Å². The van der Waals surface area contributed by atoms with Crippen LogP contribution in [0.15, 0.2) is 18.2 Å². The van der Waals surface area contributed by atoms with E-state index in [9.17, 15) is 9.59 Å². The van der Waals surface area contributed by atoms with Crippen LogP contribution < -0.4 is 9.47 Å². The van der Waals surface area contributed by atoms with Crippen LogP contribution in [0, 0.1) is 5.92 Å². The van der Waals surface area contributed by atoms with Gasteiger partial charge in [0.25, 0.3) is 0 Å². The average molecular weight is 379 g/mol. The molecule has 0 fully saturated rings. The van der Waals surface area contributed by atoms with Gasteiger partial charge in [0.2, 0.25) is 5.91 Å². The van der Waals surface area contributed by atoms with E-state index in [4.69, 9.17) is 14.2 Å². The molecule has 6 heteroatoms. The van der Waals surface area contributed by atoms with Crippen molar-refractivity contribution in [1.29, 1.82) is 0 Å². The summed E-state index contributed by atoms with van der Waals surface area (Å²) in [4.78, 5) is 26.1. The Hall–Kier alpha value is -2.24. The molecule has 1 aromatic carbocycles. The Morgan fingerprint density at radius 3 is 2.33 bits per heavy atom. The van der Waals surface area contributed by atoms with Gasteiger partial charge in [-0.25, -0.2) is 0 Å². The molecule has 0 aliphatic carbocycles. The van der Waals surface area contributed by atoms with Crippen molar-refractivity contribution in [3.8, 4) is 11.5 Å². The number of amides is 1. The van der Waals surface area contributed by atoms with Crippen LogP contribution in [0.25, 0.3) is 0 Å². The highest BCUT2D eigenvalue weighted by molar-refractivity contribution is 5.77. The molecule has 1 rings (SSSR count). The summed E-state index contributed by atoms with van der Waals surface area (Å²) in [5.41, 5.74) is 1.01. The smallest absolute Gasteiger partial charge is 0.307 e. The molecule has 0 saturated carbocycles. The third kappa shape index (κ3) is 8.33. The summed E-state index contributed by atoms with van der Waals surface area (Å²) in [6.45, 7) is 7.44. The van der Waals surface area contributed by atoms with Crippen molar-refractivity contribution in [2.45, 2.75) is 46.5 Å². The molecule has 0 spiro atoms. The number of aryl methyl sites for hydroxylation is 1. The second-order valence-corrected chi connectivity index (χ2v) is 6.81. The Kier molecular flexibility index (Phi) is 10.3. The predicted octanol–water partition coefficient (Wildman–Crippen LogP) is 3.46. The van der Waals surface area contributed by atoms with Crippen LogP contribution in [0.3, 0.4) is 0 Å². The molecule has 0 radical (unpaired) electrons. The first-order valence-corrected chi connectivity index (χ1v) is 9.55. The summed E-state index contributed by atoms with van der Waals surface area (Å²) >= 11 is 0. The standard InChI is InChI=1S/C21H33NO5/c1-6-27-21(24)12-14-22(13-11-16(2)3)20(23)10-8-17-7-9-18(25-4)19(15-17)26-5/h7,9,15-16H,6,8,10-14H2,1-5H3. The lowest BCUT2D eigenvalue weighted by Crippen LogP contribution is -2.35.